The molecule has 1 unspecified atom stereocenters. The van der Waals surface area contributed by atoms with Crippen LogP contribution in [0.5, 0.6) is 0 Å². The third kappa shape index (κ3) is 3.09. The summed E-state index contributed by atoms with van der Waals surface area (Å²) in [5, 5.41) is 11.7. The standard InChI is InChI=1S/C20H15N3O2S/c21-10-13-5-7-14(8-6-13)11-23-12-15(16-3-1-2-4-17(16)23)9-18-19(24)22-20(25)26-18/h1-8,12,18H,9,11H2,(H,22,24,25). The Bertz CT molecular complexity index is 1050. The number of rotatable bonds is 4. The molecular formula is C20H15N3O2S. The number of aromatic nitrogens is 1. The van der Waals surface area contributed by atoms with Crippen LogP contribution in [0.1, 0.15) is 16.7 Å². The number of amides is 2. The van der Waals surface area contributed by atoms with Gasteiger partial charge in [-0.05, 0) is 35.7 Å². The number of hydrogen-bond donors (Lipinski definition) is 1. The number of fused-ring (bicyclic) bond motifs is 1. The lowest BCUT2D eigenvalue weighted by molar-refractivity contribution is -0.118. The summed E-state index contributed by atoms with van der Waals surface area (Å²) in [6.07, 6.45) is 2.57. The fraction of sp³-hybridized carbons (Fsp3) is 0.150. The summed E-state index contributed by atoms with van der Waals surface area (Å²) >= 11 is 1.05. The molecule has 5 nitrogen and oxygen atoms in total. The molecule has 6 heteroatoms. The molecule has 2 amide bonds. The first kappa shape index (κ1) is 16.4. The van der Waals surface area contributed by atoms with E-state index in [1.165, 1.54) is 0 Å². The largest absolute Gasteiger partial charge is 0.343 e. The van der Waals surface area contributed by atoms with Gasteiger partial charge in [0.05, 0.1) is 16.9 Å². The second kappa shape index (κ2) is 6.70. The Balaban J connectivity index is 1.66. The fourth-order valence-corrected chi connectivity index (χ4v) is 4.07. The number of benzene rings is 2. The van der Waals surface area contributed by atoms with Crippen LogP contribution in [-0.4, -0.2) is 21.0 Å². The summed E-state index contributed by atoms with van der Waals surface area (Å²) in [4.78, 5) is 23.3. The van der Waals surface area contributed by atoms with E-state index in [4.69, 9.17) is 5.26 Å². The molecule has 1 aromatic heterocycles. The number of carbonyl (C=O) groups is 2. The Morgan fingerprint density at radius 2 is 1.88 bits per heavy atom. The molecule has 0 bridgehead atoms. The molecular weight excluding hydrogens is 346 g/mol. The molecule has 0 radical (unpaired) electrons. The smallest absolute Gasteiger partial charge is 0.286 e. The van der Waals surface area contributed by atoms with E-state index in [0.29, 0.717) is 18.5 Å². The fourth-order valence-electron chi connectivity index (χ4n) is 3.23. The maximum Gasteiger partial charge on any atom is 0.286 e. The SMILES string of the molecule is N#Cc1ccc(Cn2cc(CC3SC(=O)NC3=O)c3ccccc32)cc1. The van der Waals surface area contributed by atoms with E-state index >= 15 is 0 Å². The van der Waals surface area contributed by atoms with Crippen molar-refractivity contribution in [2.45, 2.75) is 18.2 Å². The first-order chi connectivity index (χ1) is 12.6. The molecule has 4 rings (SSSR count). The van der Waals surface area contributed by atoms with Crippen molar-refractivity contribution in [1.82, 2.24) is 9.88 Å². The monoisotopic (exact) mass is 361 g/mol. The molecule has 0 aliphatic carbocycles. The molecule has 1 aliphatic heterocycles. The number of nitrogens with one attached hydrogen (secondary N) is 1. The average Bonchev–Trinajstić information content (AvgIpc) is 3.16. The molecule has 2 aromatic carbocycles. The highest BCUT2D eigenvalue weighted by Gasteiger charge is 2.32. The molecule has 1 N–H and O–H groups in total. The van der Waals surface area contributed by atoms with Gasteiger partial charge in [0, 0.05) is 23.6 Å². The highest BCUT2D eigenvalue weighted by Crippen LogP contribution is 2.28. The van der Waals surface area contributed by atoms with Gasteiger partial charge in [0.1, 0.15) is 0 Å². The lowest BCUT2D eigenvalue weighted by Gasteiger charge is -2.05. The number of hydrogen-bond acceptors (Lipinski definition) is 4. The number of para-hydroxylation sites is 1. The lowest BCUT2D eigenvalue weighted by atomic mass is 10.1. The Hall–Kier alpha value is -3.04. The van der Waals surface area contributed by atoms with Gasteiger partial charge in [-0.25, -0.2) is 0 Å². The first-order valence-corrected chi connectivity index (χ1v) is 9.09. The van der Waals surface area contributed by atoms with Gasteiger partial charge in [-0.2, -0.15) is 5.26 Å². The summed E-state index contributed by atoms with van der Waals surface area (Å²) < 4.78 is 2.14. The van der Waals surface area contributed by atoms with Gasteiger partial charge in [-0.1, -0.05) is 42.1 Å². The topological polar surface area (TPSA) is 74.9 Å². The first-order valence-electron chi connectivity index (χ1n) is 8.21. The Kier molecular flexibility index (Phi) is 4.23. The zero-order valence-corrected chi connectivity index (χ0v) is 14.6. The summed E-state index contributed by atoms with van der Waals surface area (Å²) in [6.45, 7) is 0.676. The molecule has 3 aromatic rings. The minimum absolute atomic E-state index is 0.219. The molecule has 1 atom stereocenters. The van der Waals surface area contributed by atoms with Gasteiger partial charge < -0.3 is 4.57 Å². The summed E-state index contributed by atoms with van der Waals surface area (Å²) in [6, 6.07) is 17.7. The molecule has 128 valence electrons. The molecule has 0 spiro atoms. The van der Waals surface area contributed by atoms with Crippen LogP contribution in [0, 0.1) is 11.3 Å². The van der Waals surface area contributed by atoms with Gasteiger partial charge >= 0.3 is 0 Å². The van der Waals surface area contributed by atoms with Gasteiger partial charge in [0.15, 0.2) is 0 Å². The Morgan fingerprint density at radius 3 is 2.58 bits per heavy atom. The van der Waals surface area contributed by atoms with Crippen molar-refractivity contribution >= 4 is 33.8 Å². The van der Waals surface area contributed by atoms with Crippen molar-refractivity contribution in [2.24, 2.45) is 0 Å². The Morgan fingerprint density at radius 1 is 1.12 bits per heavy atom. The number of thioether (sulfide) groups is 1. The van der Waals surface area contributed by atoms with Gasteiger partial charge in [-0.15, -0.1) is 0 Å². The normalized spacial score (nSPS) is 16.7. The van der Waals surface area contributed by atoms with Crippen LogP contribution in [0.3, 0.4) is 0 Å². The highest BCUT2D eigenvalue weighted by molar-refractivity contribution is 8.15. The predicted molar refractivity (Wildman–Crippen MR) is 101 cm³/mol. The molecule has 2 heterocycles. The van der Waals surface area contributed by atoms with Crippen molar-refractivity contribution in [1.29, 1.82) is 5.26 Å². The zero-order valence-electron chi connectivity index (χ0n) is 13.8. The van der Waals surface area contributed by atoms with Crippen molar-refractivity contribution in [3.8, 4) is 6.07 Å². The lowest BCUT2D eigenvalue weighted by Crippen LogP contribution is -2.25. The van der Waals surface area contributed by atoms with Crippen LogP contribution >= 0.6 is 11.8 Å². The number of nitrogens with zero attached hydrogens (tertiary/aromatic N) is 2. The van der Waals surface area contributed by atoms with Crippen molar-refractivity contribution in [2.75, 3.05) is 0 Å². The minimum Gasteiger partial charge on any atom is -0.343 e. The van der Waals surface area contributed by atoms with Crippen molar-refractivity contribution < 1.29 is 9.59 Å². The number of imide groups is 1. The maximum absolute atomic E-state index is 11.9. The van der Waals surface area contributed by atoms with Crippen LogP contribution in [-0.2, 0) is 17.8 Å². The van der Waals surface area contributed by atoms with Gasteiger partial charge in [0.2, 0.25) is 5.91 Å². The predicted octanol–water partition coefficient (Wildman–Crippen LogP) is 3.46. The van der Waals surface area contributed by atoms with E-state index in [2.05, 4.69) is 28.2 Å². The quantitative estimate of drug-likeness (QED) is 0.772. The van der Waals surface area contributed by atoms with Crippen molar-refractivity contribution in [3.63, 3.8) is 0 Å². The second-order valence-electron chi connectivity index (χ2n) is 6.20. The highest BCUT2D eigenvalue weighted by atomic mass is 32.2. The third-order valence-corrected chi connectivity index (χ3v) is 5.46. The van der Waals surface area contributed by atoms with Crippen LogP contribution in [0.2, 0.25) is 0 Å². The summed E-state index contributed by atoms with van der Waals surface area (Å²) in [7, 11) is 0. The molecule has 1 fully saturated rings. The molecule has 1 aliphatic rings. The van der Waals surface area contributed by atoms with E-state index in [0.717, 1.165) is 33.8 Å². The summed E-state index contributed by atoms with van der Waals surface area (Å²) in [5.41, 5.74) is 3.87. The van der Waals surface area contributed by atoms with Crippen LogP contribution in [0.15, 0.2) is 54.7 Å². The summed E-state index contributed by atoms with van der Waals surface area (Å²) in [5.74, 6) is -0.219. The van der Waals surface area contributed by atoms with E-state index in [1.807, 2.05) is 42.5 Å². The number of carbonyl (C=O) groups excluding carboxylic acids is 2. The minimum atomic E-state index is -0.378. The van der Waals surface area contributed by atoms with E-state index in [-0.39, 0.29) is 16.4 Å². The van der Waals surface area contributed by atoms with Crippen LogP contribution < -0.4 is 5.32 Å². The van der Waals surface area contributed by atoms with E-state index < -0.39 is 0 Å². The zero-order chi connectivity index (χ0) is 18.1. The molecule has 0 saturated carbocycles. The Labute approximate surface area is 154 Å². The van der Waals surface area contributed by atoms with Gasteiger partial charge in [-0.3, -0.25) is 14.9 Å². The second-order valence-corrected chi connectivity index (χ2v) is 7.37. The van der Waals surface area contributed by atoms with Crippen LogP contribution in [0.4, 0.5) is 4.79 Å². The van der Waals surface area contributed by atoms with Crippen molar-refractivity contribution in [3.05, 3.63) is 71.4 Å². The average molecular weight is 361 g/mol. The third-order valence-electron chi connectivity index (χ3n) is 4.48. The molecule has 1 saturated heterocycles. The van der Waals surface area contributed by atoms with Crippen LogP contribution in [0.25, 0.3) is 10.9 Å². The number of nitriles is 1. The molecule has 26 heavy (non-hydrogen) atoms. The maximum atomic E-state index is 11.9. The van der Waals surface area contributed by atoms with E-state index in [9.17, 15) is 9.59 Å². The van der Waals surface area contributed by atoms with Gasteiger partial charge in [0.25, 0.3) is 5.24 Å². The van der Waals surface area contributed by atoms with E-state index in [1.54, 1.807) is 0 Å².